The first-order chi connectivity index (χ1) is 13.7. The molecular formula is C24H28N2O2. The minimum absolute atomic E-state index is 0.316. The number of aliphatic hydroxyl groups excluding tert-OH is 1. The van der Waals surface area contributed by atoms with Crippen molar-refractivity contribution in [3.05, 3.63) is 72.3 Å². The van der Waals surface area contributed by atoms with Gasteiger partial charge in [0.05, 0.1) is 0 Å². The van der Waals surface area contributed by atoms with Gasteiger partial charge < -0.3 is 14.7 Å². The molecule has 4 rings (SSSR count). The maximum atomic E-state index is 10.4. The molecule has 0 radical (unpaired) electrons. The summed E-state index contributed by atoms with van der Waals surface area (Å²) in [4.78, 5) is 4.74. The van der Waals surface area contributed by atoms with Crippen LogP contribution in [0.2, 0.25) is 0 Å². The lowest BCUT2D eigenvalue weighted by atomic mass is 10.1. The van der Waals surface area contributed by atoms with E-state index in [4.69, 9.17) is 4.74 Å². The summed E-state index contributed by atoms with van der Waals surface area (Å²) in [5.74, 6) is 0.807. The molecule has 1 atom stereocenters. The molecule has 0 spiro atoms. The van der Waals surface area contributed by atoms with Crippen molar-refractivity contribution >= 4 is 16.5 Å². The Morgan fingerprint density at radius 2 is 1.68 bits per heavy atom. The van der Waals surface area contributed by atoms with Crippen LogP contribution < -0.4 is 9.64 Å². The summed E-state index contributed by atoms with van der Waals surface area (Å²) in [6.07, 6.45) is -0.489. The smallest absolute Gasteiger partial charge is 0.120 e. The van der Waals surface area contributed by atoms with Crippen LogP contribution in [0.5, 0.6) is 5.75 Å². The quantitative estimate of drug-likeness (QED) is 0.711. The van der Waals surface area contributed by atoms with Gasteiger partial charge in [-0.3, -0.25) is 4.90 Å². The van der Waals surface area contributed by atoms with E-state index in [0.717, 1.165) is 37.3 Å². The van der Waals surface area contributed by atoms with E-state index < -0.39 is 6.10 Å². The fourth-order valence-corrected chi connectivity index (χ4v) is 3.81. The van der Waals surface area contributed by atoms with Crippen LogP contribution in [0.3, 0.4) is 0 Å². The zero-order valence-corrected chi connectivity index (χ0v) is 16.4. The minimum atomic E-state index is -0.489. The molecule has 0 unspecified atom stereocenters. The molecule has 4 heteroatoms. The second-order valence-electron chi connectivity index (χ2n) is 7.60. The number of aliphatic hydroxyl groups is 1. The van der Waals surface area contributed by atoms with Crippen LogP contribution in [0.15, 0.2) is 66.7 Å². The highest BCUT2D eigenvalue weighted by atomic mass is 16.5. The Labute approximate surface area is 167 Å². The highest BCUT2D eigenvalue weighted by molar-refractivity contribution is 5.83. The van der Waals surface area contributed by atoms with Crippen molar-refractivity contribution in [2.45, 2.75) is 13.0 Å². The van der Waals surface area contributed by atoms with Crippen molar-refractivity contribution in [1.82, 2.24) is 4.90 Å². The molecule has 146 valence electrons. The number of anilines is 1. The lowest BCUT2D eigenvalue weighted by Crippen LogP contribution is -2.49. The fourth-order valence-electron chi connectivity index (χ4n) is 3.81. The van der Waals surface area contributed by atoms with Crippen LogP contribution in [0.4, 0.5) is 5.69 Å². The first kappa shape index (κ1) is 18.8. The number of rotatable bonds is 6. The summed E-state index contributed by atoms with van der Waals surface area (Å²) in [5.41, 5.74) is 2.58. The van der Waals surface area contributed by atoms with Gasteiger partial charge in [-0.05, 0) is 47.5 Å². The maximum Gasteiger partial charge on any atom is 0.120 e. The molecule has 1 aliphatic heterocycles. The van der Waals surface area contributed by atoms with E-state index in [0.29, 0.717) is 13.2 Å². The number of ether oxygens (including phenoxy) is 1. The van der Waals surface area contributed by atoms with E-state index in [2.05, 4.69) is 59.2 Å². The van der Waals surface area contributed by atoms with Crippen LogP contribution in [0, 0.1) is 6.92 Å². The molecule has 0 bridgehead atoms. The number of hydrogen-bond donors (Lipinski definition) is 1. The topological polar surface area (TPSA) is 35.9 Å². The van der Waals surface area contributed by atoms with E-state index in [1.807, 2.05) is 24.3 Å². The summed E-state index contributed by atoms with van der Waals surface area (Å²) in [6.45, 7) is 6.99. The van der Waals surface area contributed by atoms with Crippen molar-refractivity contribution in [2.24, 2.45) is 0 Å². The van der Waals surface area contributed by atoms with E-state index in [1.54, 1.807) is 0 Å². The van der Waals surface area contributed by atoms with Gasteiger partial charge in [0.2, 0.25) is 0 Å². The standard InChI is InChI=1S/C24H28N2O2/c1-19-5-4-8-22(15-19)26-13-11-25(12-14-26)17-23(27)18-28-24-10-9-20-6-2-3-7-21(20)16-24/h2-10,15-16,23,27H,11-14,17-18H2,1H3/t23-/m1/s1. The van der Waals surface area contributed by atoms with Gasteiger partial charge in [0.15, 0.2) is 0 Å². The molecule has 1 N–H and O–H groups in total. The monoisotopic (exact) mass is 376 g/mol. The normalized spacial score (nSPS) is 16.3. The van der Waals surface area contributed by atoms with Gasteiger partial charge in [0.1, 0.15) is 18.5 Å². The molecule has 0 saturated carbocycles. The molecular weight excluding hydrogens is 348 g/mol. The van der Waals surface area contributed by atoms with Crippen molar-refractivity contribution in [2.75, 3.05) is 44.2 Å². The first-order valence-corrected chi connectivity index (χ1v) is 10.0. The van der Waals surface area contributed by atoms with Gasteiger partial charge in [-0.1, -0.05) is 42.5 Å². The second kappa shape index (κ2) is 8.63. The molecule has 3 aromatic rings. The predicted octanol–water partition coefficient (Wildman–Crippen LogP) is 3.71. The lowest BCUT2D eigenvalue weighted by Gasteiger charge is -2.37. The van der Waals surface area contributed by atoms with Crippen molar-refractivity contribution in [3.63, 3.8) is 0 Å². The van der Waals surface area contributed by atoms with Crippen molar-refractivity contribution in [1.29, 1.82) is 0 Å². The van der Waals surface area contributed by atoms with E-state index in [9.17, 15) is 5.11 Å². The van der Waals surface area contributed by atoms with Gasteiger partial charge in [0, 0.05) is 38.4 Å². The molecule has 0 aromatic heterocycles. The van der Waals surface area contributed by atoms with Crippen molar-refractivity contribution in [3.8, 4) is 5.75 Å². The number of β-amino-alcohol motifs (C(OH)–C–C–N with tert-alkyl or cyclic N) is 1. The average molecular weight is 377 g/mol. The number of fused-ring (bicyclic) bond motifs is 1. The van der Waals surface area contributed by atoms with Gasteiger partial charge in [-0.2, -0.15) is 0 Å². The van der Waals surface area contributed by atoms with E-state index >= 15 is 0 Å². The van der Waals surface area contributed by atoms with Crippen LogP contribution in [-0.4, -0.2) is 55.4 Å². The molecule has 1 heterocycles. The largest absolute Gasteiger partial charge is 0.491 e. The third-order valence-corrected chi connectivity index (χ3v) is 5.37. The lowest BCUT2D eigenvalue weighted by molar-refractivity contribution is 0.0663. The molecule has 3 aromatic carbocycles. The summed E-state index contributed by atoms with van der Waals surface area (Å²) >= 11 is 0. The minimum Gasteiger partial charge on any atom is -0.491 e. The zero-order chi connectivity index (χ0) is 19.3. The third kappa shape index (κ3) is 4.64. The number of piperazine rings is 1. The molecule has 1 saturated heterocycles. The Bertz CT molecular complexity index is 919. The van der Waals surface area contributed by atoms with Gasteiger partial charge in [-0.15, -0.1) is 0 Å². The summed E-state index contributed by atoms with van der Waals surface area (Å²) in [6, 6.07) is 22.9. The van der Waals surface area contributed by atoms with Gasteiger partial charge in [0.25, 0.3) is 0 Å². The summed E-state index contributed by atoms with van der Waals surface area (Å²) in [5, 5.41) is 12.8. The maximum absolute atomic E-state index is 10.4. The molecule has 4 nitrogen and oxygen atoms in total. The van der Waals surface area contributed by atoms with E-state index in [-0.39, 0.29) is 0 Å². The Morgan fingerprint density at radius 1 is 0.893 bits per heavy atom. The number of nitrogens with zero attached hydrogens (tertiary/aromatic N) is 2. The molecule has 28 heavy (non-hydrogen) atoms. The Hall–Kier alpha value is -2.56. The first-order valence-electron chi connectivity index (χ1n) is 10.0. The highest BCUT2D eigenvalue weighted by Crippen LogP contribution is 2.21. The zero-order valence-electron chi connectivity index (χ0n) is 16.4. The van der Waals surface area contributed by atoms with Crippen LogP contribution in [0.25, 0.3) is 10.8 Å². The number of hydrogen-bond acceptors (Lipinski definition) is 4. The van der Waals surface area contributed by atoms with Crippen LogP contribution >= 0.6 is 0 Å². The van der Waals surface area contributed by atoms with Crippen LogP contribution in [-0.2, 0) is 0 Å². The summed E-state index contributed by atoms with van der Waals surface area (Å²) < 4.78 is 5.83. The van der Waals surface area contributed by atoms with E-state index in [1.165, 1.54) is 16.6 Å². The number of benzene rings is 3. The van der Waals surface area contributed by atoms with Gasteiger partial charge in [-0.25, -0.2) is 0 Å². The molecule has 1 fully saturated rings. The fraction of sp³-hybridized carbons (Fsp3) is 0.333. The Morgan fingerprint density at radius 3 is 2.46 bits per heavy atom. The third-order valence-electron chi connectivity index (χ3n) is 5.37. The predicted molar refractivity (Wildman–Crippen MR) is 115 cm³/mol. The Kier molecular flexibility index (Phi) is 5.79. The highest BCUT2D eigenvalue weighted by Gasteiger charge is 2.19. The SMILES string of the molecule is Cc1cccc(N2CCN(C[C@@H](O)COc3ccc4ccccc4c3)CC2)c1. The molecule has 0 aliphatic carbocycles. The van der Waals surface area contributed by atoms with Crippen molar-refractivity contribution < 1.29 is 9.84 Å². The Balaban J connectivity index is 1.24. The number of aryl methyl sites for hydroxylation is 1. The molecule has 1 aliphatic rings. The average Bonchev–Trinajstić information content (AvgIpc) is 2.73. The second-order valence-corrected chi connectivity index (χ2v) is 7.60. The van der Waals surface area contributed by atoms with Gasteiger partial charge >= 0.3 is 0 Å². The summed E-state index contributed by atoms with van der Waals surface area (Å²) in [7, 11) is 0. The molecule has 0 amide bonds. The van der Waals surface area contributed by atoms with Crippen LogP contribution in [0.1, 0.15) is 5.56 Å².